The largest absolute Gasteiger partial charge is 0.370 e. The molecule has 0 fully saturated rings. The lowest BCUT2D eigenvalue weighted by molar-refractivity contribution is -0.117. The average molecular weight is 431 g/mol. The van der Waals surface area contributed by atoms with Crippen LogP contribution in [0.5, 0.6) is 0 Å². The van der Waals surface area contributed by atoms with Crippen LogP contribution in [-0.4, -0.2) is 43.1 Å². The summed E-state index contributed by atoms with van der Waals surface area (Å²) in [7, 11) is 0. The molecule has 0 spiro atoms. The van der Waals surface area contributed by atoms with Crippen molar-refractivity contribution in [3.63, 3.8) is 0 Å². The van der Waals surface area contributed by atoms with E-state index in [-0.39, 0.29) is 35.0 Å². The lowest BCUT2D eigenvalue weighted by Gasteiger charge is -2.39. The van der Waals surface area contributed by atoms with Gasteiger partial charge in [-0.3, -0.25) is 4.79 Å². The molecule has 3 aromatic rings. The summed E-state index contributed by atoms with van der Waals surface area (Å²) in [6.07, 6.45) is 1.67. The van der Waals surface area contributed by atoms with Gasteiger partial charge in [0.05, 0.1) is 11.6 Å². The van der Waals surface area contributed by atoms with Crippen molar-refractivity contribution in [3.05, 3.63) is 23.6 Å². The van der Waals surface area contributed by atoms with Crippen LogP contribution < -0.4 is 10.6 Å². The molecule has 0 saturated heterocycles. The molecule has 8 nitrogen and oxygen atoms in total. The molecule has 5 rings (SSSR count). The van der Waals surface area contributed by atoms with Gasteiger partial charge in [0.15, 0.2) is 11.5 Å². The highest BCUT2D eigenvalue weighted by Crippen LogP contribution is 2.46. The van der Waals surface area contributed by atoms with E-state index in [1.807, 2.05) is 6.92 Å². The van der Waals surface area contributed by atoms with Gasteiger partial charge >= 0.3 is 0 Å². The van der Waals surface area contributed by atoms with Crippen molar-refractivity contribution >= 4 is 28.6 Å². The molecule has 5 heterocycles. The van der Waals surface area contributed by atoms with Gasteiger partial charge in [0.25, 0.3) is 0 Å². The molecular weight excluding hydrogens is 411 g/mol. The molecule has 162 valence electrons. The molecule has 2 aliphatic heterocycles. The first-order valence-electron chi connectivity index (χ1n) is 9.99. The van der Waals surface area contributed by atoms with Crippen molar-refractivity contribution in [2.75, 3.05) is 17.2 Å². The summed E-state index contributed by atoms with van der Waals surface area (Å²) in [5.74, 6) is -2.48. The first-order chi connectivity index (χ1) is 14.6. The van der Waals surface area contributed by atoms with Gasteiger partial charge in [0.2, 0.25) is 11.8 Å². The molecule has 0 aliphatic carbocycles. The Bertz CT molecular complexity index is 1220. The van der Waals surface area contributed by atoms with E-state index in [0.717, 1.165) is 25.1 Å². The maximum Gasteiger partial charge on any atom is 0.247 e. The second-order valence-corrected chi connectivity index (χ2v) is 8.50. The van der Waals surface area contributed by atoms with Gasteiger partial charge in [-0.25, -0.2) is 32.8 Å². The van der Waals surface area contributed by atoms with Gasteiger partial charge < -0.3 is 10.6 Å². The van der Waals surface area contributed by atoms with Crippen LogP contribution in [0.2, 0.25) is 0 Å². The molecule has 31 heavy (non-hydrogen) atoms. The SMILES string of the molecule is CC(F)(F)CCn1nc(-c2nc3c4c(n2)NC(=O)CC4(C)CCN3)c2cc(F)cnc21. The maximum absolute atomic E-state index is 14.0. The molecule has 1 amide bonds. The molecule has 11 heteroatoms. The Morgan fingerprint density at radius 3 is 2.84 bits per heavy atom. The highest BCUT2D eigenvalue weighted by molar-refractivity contribution is 5.97. The first kappa shape index (κ1) is 19.7. The molecule has 2 N–H and O–H groups in total. The Labute approximate surface area is 175 Å². The number of aromatic nitrogens is 5. The average Bonchev–Trinajstić information content (AvgIpc) is 3.02. The fourth-order valence-electron chi connectivity index (χ4n) is 4.30. The second-order valence-electron chi connectivity index (χ2n) is 8.50. The number of hydrogen-bond acceptors (Lipinski definition) is 6. The summed E-state index contributed by atoms with van der Waals surface area (Å²) in [6, 6.07) is 1.23. The second kappa shape index (κ2) is 6.63. The minimum absolute atomic E-state index is 0.108. The summed E-state index contributed by atoms with van der Waals surface area (Å²) in [4.78, 5) is 25.4. The van der Waals surface area contributed by atoms with Crippen molar-refractivity contribution in [2.45, 2.75) is 51.0 Å². The van der Waals surface area contributed by atoms with Crippen molar-refractivity contribution in [2.24, 2.45) is 0 Å². The van der Waals surface area contributed by atoms with Crippen LogP contribution in [0.15, 0.2) is 12.3 Å². The summed E-state index contributed by atoms with van der Waals surface area (Å²) < 4.78 is 42.1. The number of carbonyl (C=O) groups excluding carboxylic acids is 1. The minimum atomic E-state index is -2.89. The number of anilines is 2. The Balaban J connectivity index is 1.67. The minimum Gasteiger partial charge on any atom is -0.370 e. The number of nitrogens with one attached hydrogen (secondary N) is 2. The zero-order valence-corrected chi connectivity index (χ0v) is 17.0. The van der Waals surface area contributed by atoms with Crippen molar-refractivity contribution in [3.8, 4) is 11.5 Å². The predicted molar refractivity (Wildman–Crippen MR) is 107 cm³/mol. The summed E-state index contributed by atoms with van der Waals surface area (Å²) in [6.45, 7) is 3.37. The number of rotatable bonds is 4. The van der Waals surface area contributed by atoms with Crippen molar-refractivity contribution < 1.29 is 18.0 Å². The summed E-state index contributed by atoms with van der Waals surface area (Å²) in [5, 5.41) is 10.7. The number of amides is 1. The first-order valence-corrected chi connectivity index (χ1v) is 9.99. The highest BCUT2D eigenvalue weighted by atomic mass is 19.3. The number of hydrogen-bond donors (Lipinski definition) is 2. The normalized spacial score (nSPS) is 20.4. The van der Waals surface area contributed by atoms with Crippen LogP contribution in [-0.2, 0) is 16.8 Å². The molecule has 0 aromatic carbocycles. The topological polar surface area (TPSA) is 97.6 Å². The molecule has 0 radical (unpaired) electrons. The van der Waals surface area contributed by atoms with Gasteiger partial charge in [-0.05, 0) is 19.4 Å². The maximum atomic E-state index is 14.0. The number of pyridine rings is 1. The molecule has 1 atom stereocenters. The van der Waals surface area contributed by atoms with Gasteiger partial charge in [-0.15, -0.1) is 0 Å². The quantitative estimate of drug-likeness (QED) is 0.656. The summed E-state index contributed by atoms with van der Waals surface area (Å²) in [5.41, 5.74) is 0.936. The zero-order chi connectivity index (χ0) is 22.0. The third-order valence-corrected chi connectivity index (χ3v) is 5.82. The van der Waals surface area contributed by atoms with Crippen molar-refractivity contribution in [1.29, 1.82) is 0 Å². The number of alkyl halides is 2. The smallest absolute Gasteiger partial charge is 0.247 e. The standard InChI is InChI=1S/C20H20F3N7O/c1-19-3-5-24-15-13(19)16(26-12(31)8-19)28-17(27-15)14-11-7-10(21)9-25-18(11)30(29-14)6-4-20(2,22)23/h7,9H,3-6,8H2,1-2H3,(H2,24,26,27,28,31). The number of fused-ring (bicyclic) bond motifs is 1. The molecule has 2 aliphatic rings. The van der Waals surface area contributed by atoms with Crippen LogP contribution >= 0.6 is 0 Å². The van der Waals surface area contributed by atoms with E-state index in [2.05, 4.69) is 30.7 Å². The van der Waals surface area contributed by atoms with E-state index in [1.165, 1.54) is 10.7 Å². The number of nitrogens with zero attached hydrogens (tertiary/aromatic N) is 5. The molecule has 0 bridgehead atoms. The third kappa shape index (κ3) is 3.37. The van der Waals surface area contributed by atoms with E-state index >= 15 is 0 Å². The molecular formula is C20H20F3N7O. The Morgan fingerprint density at radius 2 is 2.06 bits per heavy atom. The Hall–Kier alpha value is -3.24. The Morgan fingerprint density at radius 1 is 1.29 bits per heavy atom. The van der Waals surface area contributed by atoms with Crippen LogP contribution in [0.25, 0.3) is 22.6 Å². The van der Waals surface area contributed by atoms with E-state index in [4.69, 9.17) is 0 Å². The zero-order valence-electron chi connectivity index (χ0n) is 17.0. The van der Waals surface area contributed by atoms with Gasteiger partial charge in [0, 0.05) is 36.9 Å². The van der Waals surface area contributed by atoms with Crippen LogP contribution in [0, 0.1) is 5.82 Å². The fourth-order valence-corrected chi connectivity index (χ4v) is 4.30. The highest BCUT2D eigenvalue weighted by Gasteiger charge is 2.42. The van der Waals surface area contributed by atoms with Crippen LogP contribution in [0.3, 0.4) is 0 Å². The van der Waals surface area contributed by atoms with Crippen LogP contribution in [0.1, 0.15) is 38.7 Å². The monoisotopic (exact) mass is 431 g/mol. The van der Waals surface area contributed by atoms with E-state index in [0.29, 0.717) is 30.0 Å². The van der Waals surface area contributed by atoms with Gasteiger partial charge in [0.1, 0.15) is 23.1 Å². The van der Waals surface area contributed by atoms with E-state index in [1.54, 1.807) is 0 Å². The molecule has 0 saturated carbocycles. The van der Waals surface area contributed by atoms with Crippen LogP contribution in [0.4, 0.5) is 24.8 Å². The van der Waals surface area contributed by atoms with Crippen molar-refractivity contribution in [1.82, 2.24) is 24.7 Å². The lowest BCUT2D eigenvalue weighted by atomic mass is 9.73. The number of carbonyl (C=O) groups is 1. The van der Waals surface area contributed by atoms with E-state index in [9.17, 15) is 18.0 Å². The number of halogens is 3. The van der Waals surface area contributed by atoms with Gasteiger partial charge in [-0.1, -0.05) is 6.92 Å². The summed E-state index contributed by atoms with van der Waals surface area (Å²) >= 11 is 0. The molecule has 1 unspecified atom stereocenters. The third-order valence-electron chi connectivity index (χ3n) is 5.82. The number of aryl methyl sites for hydroxylation is 1. The fraction of sp³-hybridized carbons (Fsp3) is 0.450. The lowest BCUT2D eigenvalue weighted by Crippen LogP contribution is -2.41. The van der Waals surface area contributed by atoms with Gasteiger partial charge in [-0.2, -0.15) is 5.10 Å². The Kier molecular flexibility index (Phi) is 4.21. The predicted octanol–water partition coefficient (Wildman–Crippen LogP) is 3.49. The molecule has 3 aromatic heterocycles. The van der Waals surface area contributed by atoms with E-state index < -0.39 is 18.2 Å².